The average Bonchev–Trinajstić information content (AvgIpc) is 2.76. The minimum absolute atomic E-state index is 0.251. The molecule has 1 aliphatic heterocycles. The number of carboxylic acids is 1. The molecule has 1 fully saturated rings. The van der Waals surface area contributed by atoms with Crippen LogP contribution in [0.2, 0.25) is 0 Å². The van der Waals surface area contributed by atoms with Crippen LogP contribution in [0.5, 0.6) is 0 Å². The summed E-state index contributed by atoms with van der Waals surface area (Å²) in [6.45, 7) is 3.57. The molecular formula is C17H16NO3S2-. The molecule has 0 bridgehead atoms. The first-order valence-corrected chi connectivity index (χ1v) is 8.37. The van der Waals surface area contributed by atoms with Gasteiger partial charge in [0.2, 0.25) is 0 Å². The predicted octanol–water partition coefficient (Wildman–Crippen LogP) is 2.36. The molecule has 4 nitrogen and oxygen atoms in total. The number of thioether (sulfide) groups is 1. The highest BCUT2D eigenvalue weighted by Gasteiger charge is 2.36. The van der Waals surface area contributed by atoms with E-state index in [4.69, 9.17) is 12.2 Å². The molecule has 120 valence electrons. The molecule has 1 atom stereocenters. The maximum atomic E-state index is 12.4. The van der Waals surface area contributed by atoms with Crippen molar-refractivity contribution in [2.75, 3.05) is 0 Å². The number of carbonyl (C=O) groups excluding carboxylic acids is 2. The summed E-state index contributed by atoms with van der Waals surface area (Å²) in [7, 11) is 0. The van der Waals surface area contributed by atoms with Gasteiger partial charge in [0.25, 0.3) is 5.91 Å². The fourth-order valence-corrected chi connectivity index (χ4v) is 3.67. The molecule has 0 aromatic heterocycles. The van der Waals surface area contributed by atoms with E-state index >= 15 is 0 Å². The number of allylic oxidation sites excluding steroid dienone is 2. The molecular weight excluding hydrogens is 330 g/mol. The van der Waals surface area contributed by atoms with Crippen LogP contribution < -0.4 is 5.11 Å². The second-order valence-electron chi connectivity index (χ2n) is 5.09. The number of thiocarbonyl (C=S) groups is 1. The lowest BCUT2D eigenvalue weighted by molar-refractivity contribution is -0.310. The van der Waals surface area contributed by atoms with E-state index in [2.05, 4.69) is 0 Å². The quantitative estimate of drug-likeness (QED) is 0.605. The van der Waals surface area contributed by atoms with E-state index in [1.165, 1.54) is 0 Å². The monoisotopic (exact) mass is 346 g/mol. The molecule has 1 saturated heterocycles. The van der Waals surface area contributed by atoms with E-state index in [9.17, 15) is 14.7 Å². The summed E-state index contributed by atoms with van der Waals surface area (Å²) in [6.07, 6.45) is 3.93. The van der Waals surface area contributed by atoms with E-state index in [-0.39, 0.29) is 16.6 Å². The first kappa shape index (κ1) is 17.4. The summed E-state index contributed by atoms with van der Waals surface area (Å²) in [5.41, 5.74) is 1.91. The van der Waals surface area contributed by atoms with Crippen molar-refractivity contribution in [1.82, 2.24) is 4.90 Å². The second kappa shape index (κ2) is 7.57. The third-order valence-corrected chi connectivity index (χ3v) is 4.68. The first-order valence-electron chi connectivity index (χ1n) is 7.15. The number of amides is 1. The van der Waals surface area contributed by atoms with E-state index in [1.807, 2.05) is 43.3 Å². The fourth-order valence-electron chi connectivity index (χ4n) is 2.26. The average molecular weight is 346 g/mol. The maximum Gasteiger partial charge on any atom is 0.266 e. The predicted molar refractivity (Wildman–Crippen MR) is 94.3 cm³/mol. The molecule has 0 spiro atoms. The summed E-state index contributed by atoms with van der Waals surface area (Å²) in [5.74, 6) is -1.67. The lowest BCUT2D eigenvalue weighted by Gasteiger charge is -2.26. The zero-order valence-corrected chi connectivity index (χ0v) is 14.4. The van der Waals surface area contributed by atoms with Crippen LogP contribution in [0.3, 0.4) is 0 Å². The Kier molecular flexibility index (Phi) is 5.74. The molecule has 23 heavy (non-hydrogen) atoms. The summed E-state index contributed by atoms with van der Waals surface area (Å²) in [4.78, 5) is 25.2. The number of carboxylic acid groups (broad SMARTS) is 1. The van der Waals surface area contributed by atoms with Crippen molar-refractivity contribution in [2.24, 2.45) is 0 Å². The van der Waals surface area contributed by atoms with Crippen LogP contribution in [0.1, 0.15) is 25.8 Å². The molecule has 1 aromatic carbocycles. The number of rotatable bonds is 5. The Labute approximate surface area is 144 Å². The highest BCUT2D eigenvalue weighted by Crippen LogP contribution is 2.34. The first-order chi connectivity index (χ1) is 10.9. The van der Waals surface area contributed by atoms with Crippen molar-refractivity contribution in [3.8, 4) is 0 Å². The van der Waals surface area contributed by atoms with E-state index in [1.54, 1.807) is 13.0 Å². The standard InChI is InChI=1S/C17H17NO3S2/c1-3-13(16(20)21)18-15(19)14(23-17(18)22)10-11(2)9-12-7-5-4-6-8-12/h4-10,13H,3H2,1-2H3,(H,20,21)/p-1/b11-9+,14-10-/t13-/m1/s1. The van der Waals surface area contributed by atoms with Gasteiger partial charge < -0.3 is 9.90 Å². The number of nitrogens with zero attached hydrogens (tertiary/aromatic N) is 1. The maximum absolute atomic E-state index is 12.4. The van der Waals surface area contributed by atoms with Gasteiger partial charge >= 0.3 is 0 Å². The normalized spacial score (nSPS) is 18.6. The zero-order chi connectivity index (χ0) is 17.0. The van der Waals surface area contributed by atoms with Crippen molar-refractivity contribution in [2.45, 2.75) is 26.3 Å². The van der Waals surface area contributed by atoms with E-state index < -0.39 is 12.0 Å². The third kappa shape index (κ3) is 4.09. The minimum Gasteiger partial charge on any atom is -0.548 e. The van der Waals surface area contributed by atoms with Crippen molar-refractivity contribution >= 4 is 46.3 Å². The second-order valence-corrected chi connectivity index (χ2v) is 6.77. The van der Waals surface area contributed by atoms with E-state index in [0.29, 0.717) is 4.91 Å². The van der Waals surface area contributed by atoms with Crippen LogP contribution in [0.25, 0.3) is 6.08 Å². The Morgan fingerprint density at radius 1 is 1.39 bits per heavy atom. The van der Waals surface area contributed by atoms with Crippen LogP contribution in [-0.4, -0.2) is 27.1 Å². The number of hydrogen-bond donors (Lipinski definition) is 0. The van der Waals surface area contributed by atoms with Gasteiger partial charge in [0.1, 0.15) is 4.32 Å². The van der Waals surface area contributed by atoms with E-state index in [0.717, 1.165) is 27.8 Å². The van der Waals surface area contributed by atoms with Crippen molar-refractivity contribution in [3.05, 3.63) is 52.4 Å². The Morgan fingerprint density at radius 2 is 2.04 bits per heavy atom. The Bertz CT molecular complexity index is 695. The smallest absolute Gasteiger partial charge is 0.266 e. The van der Waals surface area contributed by atoms with Crippen LogP contribution in [0.4, 0.5) is 0 Å². The molecule has 2 rings (SSSR count). The molecule has 0 unspecified atom stereocenters. The minimum atomic E-state index is -1.29. The molecule has 0 N–H and O–H groups in total. The van der Waals surface area contributed by atoms with Gasteiger partial charge in [-0.05, 0) is 30.6 Å². The number of aliphatic carboxylic acids is 1. The van der Waals surface area contributed by atoms with Crippen molar-refractivity contribution < 1.29 is 14.7 Å². The summed E-state index contributed by atoms with van der Waals surface area (Å²) in [6, 6.07) is 8.71. The molecule has 0 saturated carbocycles. The SMILES string of the molecule is CC[C@H](C(=O)[O-])N1C(=O)/C(=C/C(C)=C/c2ccccc2)SC1=S. The van der Waals surface area contributed by atoms with Gasteiger partial charge in [-0.3, -0.25) is 9.69 Å². The van der Waals surface area contributed by atoms with Gasteiger partial charge in [-0.2, -0.15) is 0 Å². The molecule has 0 radical (unpaired) electrons. The van der Waals surface area contributed by atoms with Crippen LogP contribution >= 0.6 is 24.0 Å². The number of hydrogen-bond acceptors (Lipinski definition) is 5. The third-order valence-electron chi connectivity index (χ3n) is 3.35. The van der Waals surface area contributed by atoms with Gasteiger partial charge in [-0.15, -0.1) is 0 Å². The van der Waals surface area contributed by atoms with Crippen molar-refractivity contribution in [3.63, 3.8) is 0 Å². The van der Waals surface area contributed by atoms with Crippen LogP contribution in [-0.2, 0) is 9.59 Å². The van der Waals surface area contributed by atoms with Crippen LogP contribution in [0.15, 0.2) is 46.9 Å². The zero-order valence-electron chi connectivity index (χ0n) is 12.8. The highest BCUT2D eigenvalue weighted by molar-refractivity contribution is 8.26. The topological polar surface area (TPSA) is 60.4 Å². The number of benzene rings is 1. The Morgan fingerprint density at radius 3 is 2.61 bits per heavy atom. The molecule has 1 heterocycles. The number of carbonyl (C=O) groups is 2. The summed E-state index contributed by atoms with van der Waals surface area (Å²) in [5, 5.41) is 11.2. The van der Waals surface area contributed by atoms with Gasteiger partial charge in [-0.1, -0.05) is 67.3 Å². The van der Waals surface area contributed by atoms with Gasteiger partial charge in [0.15, 0.2) is 0 Å². The Balaban J connectivity index is 2.25. The molecule has 1 amide bonds. The largest absolute Gasteiger partial charge is 0.548 e. The lowest BCUT2D eigenvalue weighted by atomic mass is 10.1. The molecule has 1 aliphatic rings. The molecule has 0 aliphatic carbocycles. The van der Waals surface area contributed by atoms with Crippen LogP contribution in [0, 0.1) is 0 Å². The lowest BCUT2D eigenvalue weighted by Crippen LogP contribution is -2.49. The fraction of sp³-hybridized carbons (Fsp3) is 0.235. The highest BCUT2D eigenvalue weighted by atomic mass is 32.2. The van der Waals surface area contributed by atoms with Gasteiger partial charge in [0, 0.05) is 0 Å². The molecule has 1 aromatic rings. The van der Waals surface area contributed by atoms with Crippen molar-refractivity contribution in [1.29, 1.82) is 0 Å². The van der Waals surface area contributed by atoms with Gasteiger partial charge in [-0.25, -0.2) is 0 Å². The van der Waals surface area contributed by atoms with Gasteiger partial charge in [0.05, 0.1) is 16.9 Å². The summed E-state index contributed by atoms with van der Waals surface area (Å²) >= 11 is 6.27. The summed E-state index contributed by atoms with van der Waals surface area (Å²) < 4.78 is 0.254. The Hall–Kier alpha value is -1.92. The molecule has 6 heteroatoms.